The van der Waals surface area contributed by atoms with Crippen LogP contribution >= 0.6 is 0 Å². The summed E-state index contributed by atoms with van der Waals surface area (Å²) in [6.45, 7) is 4.54. The molecule has 2 fully saturated rings. The molecule has 2 aliphatic rings. The quantitative estimate of drug-likeness (QED) is 0.888. The molecule has 132 valence electrons. The molecule has 0 unspecified atom stereocenters. The average Bonchev–Trinajstić information content (AvgIpc) is 3.33. The lowest BCUT2D eigenvalue weighted by atomic mass is 9.79. The van der Waals surface area contributed by atoms with Crippen molar-refractivity contribution in [3.63, 3.8) is 0 Å². The van der Waals surface area contributed by atoms with Crippen LogP contribution in [0.25, 0.3) is 0 Å². The number of aromatic nitrogens is 2. The van der Waals surface area contributed by atoms with E-state index in [1.165, 1.54) is 31.2 Å². The van der Waals surface area contributed by atoms with Crippen LogP contribution in [0.3, 0.4) is 0 Å². The Labute approximate surface area is 150 Å². The highest BCUT2D eigenvalue weighted by Crippen LogP contribution is 2.41. The fourth-order valence-corrected chi connectivity index (χ4v) is 4.33. The normalized spacial score (nSPS) is 22.2. The summed E-state index contributed by atoms with van der Waals surface area (Å²) in [7, 11) is 0. The predicted molar refractivity (Wildman–Crippen MR) is 100 cm³/mol. The van der Waals surface area contributed by atoms with Crippen molar-refractivity contribution in [1.82, 2.24) is 9.97 Å². The molecule has 4 rings (SSSR count). The summed E-state index contributed by atoms with van der Waals surface area (Å²) in [5.74, 6) is 2.21. The van der Waals surface area contributed by atoms with Gasteiger partial charge in [0, 0.05) is 30.6 Å². The zero-order valence-electron chi connectivity index (χ0n) is 15.0. The van der Waals surface area contributed by atoms with Crippen LogP contribution in [-0.2, 0) is 10.2 Å². The van der Waals surface area contributed by atoms with Crippen molar-refractivity contribution < 1.29 is 4.74 Å². The number of hydrogen-bond donors (Lipinski definition) is 1. The first kappa shape index (κ1) is 16.5. The second-order valence-corrected chi connectivity index (χ2v) is 7.49. The lowest BCUT2D eigenvalue weighted by Crippen LogP contribution is -2.31. The van der Waals surface area contributed by atoms with Crippen molar-refractivity contribution >= 4 is 5.82 Å². The van der Waals surface area contributed by atoms with Crippen molar-refractivity contribution in [2.75, 3.05) is 25.1 Å². The summed E-state index contributed by atoms with van der Waals surface area (Å²) in [5, 5.41) is 3.64. The summed E-state index contributed by atoms with van der Waals surface area (Å²) in [5.41, 5.74) is 2.80. The SMILES string of the molecule is Cc1nc(NCC2(c3ccccc3)CCCC2)cc([C@@H]2CCOC2)n1. The minimum absolute atomic E-state index is 0.233. The van der Waals surface area contributed by atoms with Crippen LogP contribution in [0, 0.1) is 6.92 Å². The first-order chi connectivity index (χ1) is 12.3. The van der Waals surface area contributed by atoms with Crippen LogP contribution in [0.5, 0.6) is 0 Å². The molecule has 1 atom stereocenters. The minimum atomic E-state index is 0.233. The third-order valence-corrected chi connectivity index (χ3v) is 5.76. The largest absolute Gasteiger partial charge is 0.381 e. The maximum absolute atomic E-state index is 5.53. The lowest BCUT2D eigenvalue weighted by molar-refractivity contribution is 0.193. The van der Waals surface area contributed by atoms with Crippen LogP contribution in [0.4, 0.5) is 5.82 Å². The van der Waals surface area contributed by atoms with E-state index in [0.29, 0.717) is 5.92 Å². The van der Waals surface area contributed by atoms with E-state index in [9.17, 15) is 0 Å². The fourth-order valence-electron chi connectivity index (χ4n) is 4.33. The zero-order valence-corrected chi connectivity index (χ0v) is 15.0. The number of rotatable bonds is 5. The molecule has 1 aromatic carbocycles. The molecule has 1 N–H and O–H groups in total. The first-order valence-corrected chi connectivity index (χ1v) is 9.48. The Hall–Kier alpha value is -1.94. The number of benzene rings is 1. The highest BCUT2D eigenvalue weighted by molar-refractivity contribution is 5.40. The summed E-state index contributed by atoms with van der Waals surface area (Å²) in [6.07, 6.45) is 6.17. The number of hydrogen-bond acceptors (Lipinski definition) is 4. The number of nitrogens with zero attached hydrogens (tertiary/aromatic N) is 2. The Kier molecular flexibility index (Phi) is 4.71. The topological polar surface area (TPSA) is 47.0 Å². The minimum Gasteiger partial charge on any atom is -0.381 e. The predicted octanol–water partition coefficient (Wildman–Crippen LogP) is 4.21. The Morgan fingerprint density at radius 2 is 1.96 bits per heavy atom. The van der Waals surface area contributed by atoms with E-state index in [-0.39, 0.29) is 5.41 Å². The third kappa shape index (κ3) is 3.54. The maximum Gasteiger partial charge on any atom is 0.129 e. The van der Waals surface area contributed by atoms with Gasteiger partial charge in [0.25, 0.3) is 0 Å². The van der Waals surface area contributed by atoms with Gasteiger partial charge in [0.15, 0.2) is 0 Å². The van der Waals surface area contributed by atoms with Gasteiger partial charge in [0.05, 0.1) is 12.3 Å². The number of aryl methyl sites for hydroxylation is 1. The Morgan fingerprint density at radius 1 is 1.16 bits per heavy atom. The molecule has 25 heavy (non-hydrogen) atoms. The van der Waals surface area contributed by atoms with Gasteiger partial charge in [0.2, 0.25) is 0 Å². The van der Waals surface area contributed by atoms with Crippen molar-refractivity contribution in [1.29, 1.82) is 0 Å². The molecular weight excluding hydrogens is 310 g/mol. The molecule has 2 aromatic rings. The van der Waals surface area contributed by atoms with Gasteiger partial charge in [-0.3, -0.25) is 0 Å². The van der Waals surface area contributed by atoms with Gasteiger partial charge in [-0.2, -0.15) is 0 Å². The monoisotopic (exact) mass is 337 g/mol. The van der Waals surface area contributed by atoms with Gasteiger partial charge in [-0.25, -0.2) is 9.97 Å². The van der Waals surface area contributed by atoms with E-state index >= 15 is 0 Å². The molecule has 1 saturated heterocycles. The van der Waals surface area contributed by atoms with E-state index < -0.39 is 0 Å². The number of nitrogens with one attached hydrogen (secondary N) is 1. The van der Waals surface area contributed by atoms with E-state index in [1.807, 2.05) is 6.92 Å². The molecule has 2 heterocycles. The zero-order chi connectivity index (χ0) is 17.1. The van der Waals surface area contributed by atoms with Gasteiger partial charge in [-0.1, -0.05) is 43.2 Å². The molecule has 1 aromatic heterocycles. The maximum atomic E-state index is 5.53. The average molecular weight is 337 g/mol. The fraction of sp³-hybridized carbons (Fsp3) is 0.524. The summed E-state index contributed by atoms with van der Waals surface area (Å²) < 4.78 is 5.53. The second-order valence-electron chi connectivity index (χ2n) is 7.49. The number of anilines is 1. The molecular formula is C21H27N3O. The lowest BCUT2D eigenvalue weighted by Gasteiger charge is -2.30. The van der Waals surface area contributed by atoms with Gasteiger partial charge < -0.3 is 10.1 Å². The molecule has 1 aliphatic heterocycles. The highest BCUT2D eigenvalue weighted by Gasteiger charge is 2.35. The Balaban J connectivity index is 1.53. The van der Waals surface area contributed by atoms with E-state index in [0.717, 1.165) is 43.5 Å². The van der Waals surface area contributed by atoms with Crippen LogP contribution < -0.4 is 5.32 Å². The Morgan fingerprint density at radius 3 is 2.68 bits per heavy atom. The van der Waals surface area contributed by atoms with Gasteiger partial charge in [-0.05, 0) is 31.7 Å². The van der Waals surface area contributed by atoms with Gasteiger partial charge in [-0.15, -0.1) is 0 Å². The third-order valence-electron chi connectivity index (χ3n) is 5.76. The molecule has 4 nitrogen and oxygen atoms in total. The van der Waals surface area contributed by atoms with Gasteiger partial charge >= 0.3 is 0 Å². The van der Waals surface area contributed by atoms with Crippen LogP contribution in [-0.4, -0.2) is 29.7 Å². The molecule has 0 bridgehead atoms. The smallest absolute Gasteiger partial charge is 0.129 e. The van der Waals surface area contributed by atoms with Crippen LogP contribution in [0.1, 0.15) is 55.1 Å². The van der Waals surface area contributed by atoms with Crippen molar-refractivity contribution in [2.24, 2.45) is 0 Å². The molecule has 0 spiro atoms. The summed E-state index contributed by atoms with van der Waals surface area (Å²) in [4.78, 5) is 9.27. The van der Waals surface area contributed by atoms with Crippen molar-refractivity contribution in [3.05, 3.63) is 53.5 Å². The van der Waals surface area contributed by atoms with E-state index in [2.05, 4.69) is 51.7 Å². The molecule has 0 amide bonds. The van der Waals surface area contributed by atoms with E-state index in [1.54, 1.807) is 0 Å². The molecule has 1 aliphatic carbocycles. The highest BCUT2D eigenvalue weighted by atomic mass is 16.5. The van der Waals surface area contributed by atoms with Crippen molar-refractivity contribution in [2.45, 2.75) is 50.4 Å². The summed E-state index contributed by atoms with van der Waals surface area (Å²) >= 11 is 0. The standard InChI is InChI=1S/C21H27N3O/c1-16-23-19(17-9-12-25-14-17)13-20(24-16)22-15-21(10-5-6-11-21)18-7-3-2-4-8-18/h2-4,7-8,13,17H,5-6,9-12,14-15H2,1H3,(H,22,23,24)/t17-/m1/s1. The molecule has 0 radical (unpaired) electrons. The second kappa shape index (κ2) is 7.12. The van der Waals surface area contributed by atoms with Crippen LogP contribution in [0.15, 0.2) is 36.4 Å². The van der Waals surface area contributed by atoms with E-state index in [4.69, 9.17) is 4.74 Å². The molecule has 1 saturated carbocycles. The van der Waals surface area contributed by atoms with Crippen molar-refractivity contribution in [3.8, 4) is 0 Å². The Bertz CT molecular complexity index is 704. The van der Waals surface area contributed by atoms with Crippen LogP contribution in [0.2, 0.25) is 0 Å². The number of ether oxygens (including phenoxy) is 1. The molecule has 4 heteroatoms. The first-order valence-electron chi connectivity index (χ1n) is 9.48. The van der Waals surface area contributed by atoms with Gasteiger partial charge in [0.1, 0.15) is 11.6 Å². The summed E-state index contributed by atoms with van der Waals surface area (Å²) in [6, 6.07) is 13.1.